The van der Waals surface area contributed by atoms with Gasteiger partial charge in [-0.05, 0) is 44.6 Å². The molecule has 1 rings (SSSR count). The monoisotopic (exact) mass is 201 g/mol. The van der Waals surface area contributed by atoms with Crippen LogP contribution in [0.2, 0.25) is 0 Å². The van der Waals surface area contributed by atoms with Crippen molar-refractivity contribution < 1.29 is 10.2 Å². The van der Waals surface area contributed by atoms with Crippen molar-refractivity contribution in [3.05, 3.63) is 0 Å². The molecular formula is C11H23NO2. The van der Waals surface area contributed by atoms with Crippen LogP contribution < -0.4 is 0 Å². The van der Waals surface area contributed by atoms with Gasteiger partial charge in [0, 0.05) is 19.7 Å². The molecule has 0 bridgehead atoms. The minimum atomic E-state index is 0.252. The van der Waals surface area contributed by atoms with Gasteiger partial charge in [-0.25, -0.2) is 0 Å². The standard InChI is InChI=1S/C11H23NO2/c1-12(6-7-13)8-10-2-4-11(9-14)5-3-10/h10-11,13-14H,2-9H2,1H3. The lowest BCUT2D eigenvalue weighted by Gasteiger charge is -2.30. The van der Waals surface area contributed by atoms with Crippen molar-refractivity contribution >= 4 is 0 Å². The van der Waals surface area contributed by atoms with Crippen LogP contribution in [0.5, 0.6) is 0 Å². The van der Waals surface area contributed by atoms with Crippen molar-refractivity contribution in [2.45, 2.75) is 25.7 Å². The average Bonchev–Trinajstić information content (AvgIpc) is 2.19. The Balaban J connectivity index is 2.15. The van der Waals surface area contributed by atoms with Crippen LogP contribution in [0.15, 0.2) is 0 Å². The van der Waals surface area contributed by atoms with Gasteiger partial charge in [0.25, 0.3) is 0 Å². The molecule has 1 aliphatic rings. The molecule has 0 aliphatic heterocycles. The van der Waals surface area contributed by atoms with E-state index in [-0.39, 0.29) is 6.61 Å². The summed E-state index contributed by atoms with van der Waals surface area (Å²) in [4.78, 5) is 2.20. The first-order valence-corrected chi connectivity index (χ1v) is 5.66. The number of aliphatic hydroxyl groups is 2. The van der Waals surface area contributed by atoms with Crippen LogP contribution in [0.25, 0.3) is 0 Å². The first-order chi connectivity index (χ1) is 6.76. The third-order valence-corrected chi connectivity index (χ3v) is 3.28. The zero-order valence-corrected chi connectivity index (χ0v) is 9.15. The summed E-state index contributed by atoms with van der Waals surface area (Å²) in [6.07, 6.45) is 4.82. The van der Waals surface area contributed by atoms with Gasteiger partial charge in [-0.1, -0.05) is 0 Å². The number of hydrogen-bond donors (Lipinski definition) is 2. The lowest BCUT2D eigenvalue weighted by Crippen LogP contribution is -2.31. The summed E-state index contributed by atoms with van der Waals surface area (Å²) >= 11 is 0. The fraction of sp³-hybridized carbons (Fsp3) is 1.00. The van der Waals surface area contributed by atoms with Crippen LogP contribution in [-0.2, 0) is 0 Å². The molecule has 0 atom stereocenters. The van der Waals surface area contributed by atoms with Crippen LogP contribution in [0.1, 0.15) is 25.7 Å². The Morgan fingerprint density at radius 1 is 1.07 bits per heavy atom. The van der Waals surface area contributed by atoms with E-state index >= 15 is 0 Å². The molecule has 84 valence electrons. The van der Waals surface area contributed by atoms with E-state index in [1.54, 1.807) is 0 Å². The summed E-state index contributed by atoms with van der Waals surface area (Å²) in [5.74, 6) is 1.32. The fourth-order valence-corrected chi connectivity index (χ4v) is 2.30. The molecular weight excluding hydrogens is 178 g/mol. The van der Waals surface area contributed by atoms with Gasteiger partial charge in [-0.2, -0.15) is 0 Å². The zero-order chi connectivity index (χ0) is 10.4. The van der Waals surface area contributed by atoms with Gasteiger partial charge in [-0.3, -0.25) is 0 Å². The van der Waals surface area contributed by atoms with Crippen LogP contribution >= 0.6 is 0 Å². The molecule has 1 saturated carbocycles. The van der Waals surface area contributed by atoms with E-state index in [0.717, 1.165) is 19.0 Å². The van der Waals surface area contributed by atoms with Crippen molar-refractivity contribution in [3.63, 3.8) is 0 Å². The highest BCUT2D eigenvalue weighted by Crippen LogP contribution is 2.28. The minimum Gasteiger partial charge on any atom is -0.396 e. The lowest BCUT2D eigenvalue weighted by molar-refractivity contribution is 0.140. The quantitative estimate of drug-likeness (QED) is 0.688. The van der Waals surface area contributed by atoms with Crippen LogP contribution in [0.4, 0.5) is 0 Å². The highest BCUT2D eigenvalue weighted by molar-refractivity contribution is 4.73. The van der Waals surface area contributed by atoms with E-state index in [1.807, 2.05) is 0 Å². The van der Waals surface area contributed by atoms with E-state index in [4.69, 9.17) is 10.2 Å². The molecule has 0 heterocycles. The Morgan fingerprint density at radius 2 is 1.64 bits per heavy atom. The molecule has 0 aromatic rings. The van der Waals surface area contributed by atoms with Crippen molar-refractivity contribution in [1.29, 1.82) is 0 Å². The molecule has 1 fully saturated rings. The molecule has 0 unspecified atom stereocenters. The molecule has 14 heavy (non-hydrogen) atoms. The Morgan fingerprint density at radius 3 is 2.14 bits per heavy atom. The maximum Gasteiger partial charge on any atom is 0.0558 e. The summed E-state index contributed by atoms with van der Waals surface area (Å²) < 4.78 is 0. The lowest BCUT2D eigenvalue weighted by atomic mass is 9.82. The average molecular weight is 201 g/mol. The van der Waals surface area contributed by atoms with Crippen molar-refractivity contribution in [2.75, 3.05) is 33.4 Å². The Hall–Kier alpha value is -0.120. The molecule has 0 saturated heterocycles. The first-order valence-electron chi connectivity index (χ1n) is 5.66. The molecule has 2 N–H and O–H groups in total. The first kappa shape index (κ1) is 12.0. The second-order valence-electron chi connectivity index (χ2n) is 4.56. The van der Waals surface area contributed by atoms with Crippen molar-refractivity contribution in [1.82, 2.24) is 4.90 Å². The van der Waals surface area contributed by atoms with E-state index in [2.05, 4.69) is 11.9 Å². The molecule has 0 amide bonds. The van der Waals surface area contributed by atoms with Crippen LogP contribution in [0, 0.1) is 11.8 Å². The van der Waals surface area contributed by atoms with E-state index in [1.165, 1.54) is 25.7 Å². The summed E-state index contributed by atoms with van der Waals surface area (Å²) in [6, 6.07) is 0. The number of likely N-dealkylation sites (N-methyl/N-ethyl adjacent to an activating group) is 1. The molecule has 0 aromatic heterocycles. The van der Waals surface area contributed by atoms with Crippen molar-refractivity contribution in [2.24, 2.45) is 11.8 Å². The summed E-state index contributed by atoms with van der Waals surface area (Å²) in [5, 5.41) is 17.8. The van der Waals surface area contributed by atoms with Gasteiger partial charge in [0.1, 0.15) is 0 Å². The van der Waals surface area contributed by atoms with Gasteiger partial charge in [-0.15, -0.1) is 0 Å². The molecule has 3 heteroatoms. The normalized spacial score (nSPS) is 28.3. The van der Waals surface area contributed by atoms with E-state index < -0.39 is 0 Å². The summed E-state index contributed by atoms with van der Waals surface area (Å²) in [5.41, 5.74) is 0. The Kier molecular flexibility index (Phi) is 5.45. The van der Waals surface area contributed by atoms with Crippen LogP contribution in [0.3, 0.4) is 0 Å². The highest BCUT2D eigenvalue weighted by Gasteiger charge is 2.21. The zero-order valence-electron chi connectivity index (χ0n) is 9.15. The second kappa shape index (κ2) is 6.38. The molecule has 3 nitrogen and oxygen atoms in total. The number of aliphatic hydroxyl groups excluding tert-OH is 2. The van der Waals surface area contributed by atoms with Crippen molar-refractivity contribution in [3.8, 4) is 0 Å². The summed E-state index contributed by atoms with van der Waals surface area (Å²) in [6.45, 7) is 2.49. The third kappa shape index (κ3) is 3.95. The molecule has 0 spiro atoms. The highest BCUT2D eigenvalue weighted by atomic mass is 16.3. The predicted octanol–water partition coefficient (Wildman–Crippen LogP) is 0.709. The minimum absolute atomic E-state index is 0.252. The van der Waals surface area contributed by atoms with Gasteiger partial charge in [0.05, 0.1) is 6.61 Å². The van der Waals surface area contributed by atoms with Crippen LogP contribution in [-0.4, -0.2) is 48.5 Å². The van der Waals surface area contributed by atoms with E-state index in [0.29, 0.717) is 12.5 Å². The largest absolute Gasteiger partial charge is 0.396 e. The molecule has 1 aliphatic carbocycles. The smallest absolute Gasteiger partial charge is 0.0558 e. The maximum atomic E-state index is 9.00. The predicted molar refractivity (Wildman–Crippen MR) is 57.1 cm³/mol. The van der Waals surface area contributed by atoms with Gasteiger partial charge in [0.2, 0.25) is 0 Å². The Bertz CT molecular complexity index is 144. The third-order valence-electron chi connectivity index (χ3n) is 3.28. The Labute approximate surface area is 86.7 Å². The topological polar surface area (TPSA) is 43.7 Å². The van der Waals surface area contributed by atoms with Gasteiger partial charge >= 0.3 is 0 Å². The number of hydrogen-bond acceptors (Lipinski definition) is 3. The summed E-state index contributed by atoms with van der Waals surface area (Å²) in [7, 11) is 2.06. The maximum absolute atomic E-state index is 9.00. The van der Waals surface area contributed by atoms with Gasteiger partial charge < -0.3 is 15.1 Å². The molecule has 0 aromatic carbocycles. The fourth-order valence-electron chi connectivity index (χ4n) is 2.30. The van der Waals surface area contributed by atoms with E-state index in [9.17, 15) is 0 Å². The number of rotatable bonds is 5. The molecule has 0 radical (unpaired) electrons. The number of nitrogens with zero attached hydrogens (tertiary/aromatic N) is 1. The van der Waals surface area contributed by atoms with Gasteiger partial charge in [0.15, 0.2) is 0 Å². The SMILES string of the molecule is CN(CCO)CC1CCC(CO)CC1. The second-order valence-corrected chi connectivity index (χ2v) is 4.56.